The van der Waals surface area contributed by atoms with Crippen LogP contribution in [0.1, 0.15) is 5.56 Å². The quantitative estimate of drug-likeness (QED) is 0.826. The third-order valence-corrected chi connectivity index (χ3v) is 2.75. The molecular weight excluding hydrogens is 243 g/mol. The lowest BCUT2D eigenvalue weighted by molar-refractivity contribution is 0.115. The minimum absolute atomic E-state index is 0.140. The smallest absolute Gasteiger partial charge is 0.257 e. The zero-order valence-corrected chi connectivity index (χ0v) is 9.50. The van der Waals surface area contributed by atoms with E-state index in [4.69, 9.17) is 4.42 Å². The summed E-state index contributed by atoms with van der Waals surface area (Å²) in [7, 11) is 0. The molecule has 0 saturated heterocycles. The lowest BCUT2D eigenvalue weighted by atomic mass is 10.00. The number of furan rings is 1. The largest absolute Gasteiger partial charge is 0.464 e. The molecule has 1 atom stereocenters. The van der Waals surface area contributed by atoms with E-state index in [1.165, 1.54) is 6.26 Å². The van der Waals surface area contributed by atoms with Gasteiger partial charge in [0.2, 0.25) is 0 Å². The van der Waals surface area contributed by atoms with Crippen molar-refractivity contribution in [3.05, 3.63) is 42.7 Å². The van der Waals surface area contributed by atoms with Gasteiger partial charge in [0.25, 0.3) is 6.43 Å². The Morgan fingerprint density at radius 3 is 2.78 bits per heavy atom. The molecule has 2 aromatic rings. The lowest BCUT2D eigenvalue weighted by Gasteiger charge is -2.18. The Kier molecular flexibility index (Phi) is 3.72. The second kappa shape index (κ2) is 5.27. The fourth-order valence-corrected chi connectivity index (χ4v) is 1.78. The maximum Gasteiger partial charge on any atom is 0.257 e. The third-order valence-electron chi connectivity index (χ3n) is 2.75. The fourth-order valence-electron chi connectivity index (χ4n) is 1.78. The van der Waals surface area contributed by atoms with Crippen molar-refractivity contribution in [2.75, 3.05) is 6.80 Å². The molecule has 1 aromatic heterocycles. The first kappa shape index (κ1) is 12.7. The van der Waals surface area contributed by atoms with Crippen LogP contribution in [-0.4, -0.2) is 19.3 Å². The van der Waals surface area contributed by atoms with E-state index in [1.807, 2.05) is 0 Å². The molecule has 0 spiro atoms. The molecular formula is C13H12F3NO. The summed E-state index contributed by atoms with van der Waals surface area (Å²) >= 11 is 0. The topological polar surface area (TPSA) is 25.2 Å². The summed E-state index contributed by atoms with van der Waals surface area (Å²) in [5, 5.41) is 2.95. The van der Waals surface area contributed by atoms with Gasteiger partial charge in [0.15, 0.2) is 0 Å². The van der Waals surface area contributed by atoms with E-state index >= 15 is 0 Å². The van der Waals surface area contributed by atoms with Crippen LogP contribution >= 0.6 is 0 Å². The monoisotopic (exact) mass is 255 g/mol. The Labute approximate surface area is 102 Å². The van der Waals surface area contributed by atoms with Gasteiger partial charge < -0.3 is 4.42 Å². The van der Waals surface area contributed by atoms with Crippen LogP contribution in [0.3, 0.4) is 0 Å². The normalized spacial score (nSPS) is 13.1. The first-order chi connectivity index (χ1) is 8.63. The van der Waals surface area contributed by atoms with Crippen LogP contribution in [0.15, 0.2) is 41.5 Å². The molecule has 0 fully saturated rings. The van der Waals surface area contributed by atoms with Crippen molar-refractivity contribution >= 4 is 16.5 Å². The van der Waals surface area contributed by atoms with Crippen LogP contribution in [0, 0.1) is 0 Å². The van der Waals surface area contributed by atoms with E-state index in [2.05, 4.69) is 11.9 Å². The maximum atomic E-state index is 12.8. The standard InChI is InChI=1S/C13H12F3NO/c1-8(12(13(15)16)17-7-14)10-3-2-9-4-5-18-11(9)6-10/h2-6,12-13,17H,1,7H2. The number of hydrogen-bond donors (Lipinski definition) is 1. The highest BCUT2D eigenvalue weighted by Gasteiger charge is 2.23. The molecule has 0 aliphatic rings. The molecule has 2 nitrogen and oxygen atoms in total. The van der Waals surface area contributed by atoms with Gasteiger partial charge in [0.05, 0.1) is 12.3 Å². The molecule has 5 heteroatoms. The first-order valence-electron chi connectivity index (χ1n) is 5.37. The van der Waals surface area contributed by atoms with Crippen molar-refractivity contribution in [1.29, 1.82) is 0 Å². The predicted octanol–water partition coefficient (Wildman–Crippen LogP) is 3.60. The van der Waals surface area contributed by atoms with Gasteiger partial charge in [0.1, 0.15) is 12.4 Å². The average molecular weight is 255 g/mol. The minimum Gasteiger partial charge on any atom is -0.464 e. The van der Waals surface area contributed by atoms with E-state index in [-0.39, 0.29) is 5.57 Å². The van der Waals surface area contributed by atoms with Gasteiger partial charge in [-0.15, -0.1) is 0 Å². The highest BCUT2D eigenvalue weighted by Crippen LogP contribution is 2.25. The van der Waals surface area contributed by atoms with Gasteiger partial charge in [0, 0.05) is 5.39 Å². The van der Waals surface area contributed by atoms with Crippen LogP contribution < -0.4 is 5.32 Å². The summed E-state index contributed by atoms with van der Waals surface area (Å²) in [6.07, 6.45) is -1.21. The third kappa shape index (κ3) is 2.41. The van der Waals surface area contributed by atoms with Crippen molar-refractivity contribution < 1.29 is 17.6 Å². The molecule has 0 bridgehead atoms. The SMILES string of the molecule is C=C(c1ccc2ccoc2c1)C(NCF)C(F)F. The minimum atomic E-state index is -2.72. The van der Waals surface area contributed by atoms with E-state index in [0.29, 0.717) is 11.1 Å². The molecule has 0 amide bonds. The average Bonchev–Trinajstić information content (AvgIpc) is 2.81. The van der Waals surface area contributed by atoms with E-state index in [9.17, 15) is 13.2 Å². The molecule has 0 saturated carbocycles. The molecule has 0 aliphatic heterocycles. The molecule has 2 rings (SSSR count). The molecule has 1 N–H and O–H groups in total. The molecule has 0 aliphatic carbocycles. The molecule has 0 radical (unpaired) electrons. The molecule has 1 aromatic carbocycles. The summed E-state index contributed by atoms with van der Waals surface area (Å²) in [5.41, 5.74) is 1.23. The highest BCUT2D eigenvalue weighted by atomic mass is 19.3. The van der Waals surface area contributed by atoms with Gasteiger partial charge in [-0.1, -0.05) is 18.7 Å². The van der Waals surface area contributed by atoms with Crippen LogP contribution in [0.5, 0.6) is 0 Å². The Bertz CT molecular complexity index is 550. The van der Waals surface area contributed by atoms with Gasteiger partial charge in [-0.25, -0.2) is 13.2 Å². The second-order valence-electron chi connectivity index (χ2n) is 3.85. The van der Waals surface area contributed by atoms with E-state index < -0.39 is 19.3 Å². The zero-order chi connectivity index (χ0) is 13.1. The van der Waals surface area contributed by atoms with Crippen molar-refractivity contribution in [3.8, 4) is 0 Å². The van der Waals surface area contributed by atoms with Crippen LogP contribution in [0.2, 0.25) is 0 Å². The number of benzene rings is 1. The number of alkyl halides is 3. The first-order valence-corrected chi connectivity index (χ1v) is 5.37. The number of nitrogens with one attached hydrogen (secondary N) is 1. The predicted molar refractivity (Wildman–Crippen MR) is 64.2 cm³/mol. The Morgan fingerprint density at radius 2 is 2.11 bits per heavy atom. The molecule has 1 heterocycles. The Balaban J connectivity index is 2.30. The van der Waals surface area contributed by atoms with Gasteiger partial charge >= 0.3 is 0 Å². The van der Waals surface area contributed by atoms with Gasteiger partial charge in [-0.3, -0.25) is 5.32 Å². The number of halogens is 3. The second-order valence-corrected chi connectivity index (χ2v) is 3.85. The van der Waals surface area contributed by atoms with Crippen molar-refractivity contribution in [3.63, 3.8) is 0 Å². The fraction of sp³-hybridized carbons (Fsp3) is 0.231. The van der Waals surface area contributed by atoms with Gasteiger partial charge in [-0.2, -0.15) is 0 Å². The Hall–Kier alpha value is -1.75. The van der Waals surface area contributed by atoms with Crippen molar-refractivity contribution in [2.45, 2.75) is 12.5 Å². The molecule has 1 unspecified atom stereocenters. The maximum absolute atomic E-state index is 12.8. The van der Waals surface area contributed by atoms with E-state index in [1.54, 1.807) is 24.3 Å². The van der Waals surface area contributed by atoms with Crippen molar-refractivity contribution in [2.24, 2.45) is 0 Å². The summed E-state index contributed by atoms with van der Waals surface area (Å²) in [4.78, 5) is 0. The van der Waals surface area contributed by atoms with E-state index in [0.717, 1.165) is 5.39 Å². The highest BCUT2D eigenvalue weighted by molar-refractivity contribution is 5.82. The van der Waals surface area contributed by atoms with Crippen LogP contribution in [0.25, 0.3) is 16.5 Å². The van der Waals surface area contributed by atoms with Crippen LogP contribution in [0.4, 0.5) is 13.2 Å². The number of fused-ring (bicyclic) bond motifs is 1. The number of hydrogen-bond acceptors (Lipinski definition) is 2. The number of rotatable bonds is 5. The van der Waals surface area contributed by atoms with Crippen molar-refractivity contribution in [1.82, 2.24) is 5.32 Å². The summed E-state index contributed by atoms with van der Waals surface area (Å²) in [5.74, 6) is 0. The zero-order valence-electron chi connectivity index (χ0n) is 9.50. The summed E-state index contributed by atoms with van der Waals surface area (Å²) < 4.78 is 42.9. The summed E-state index contributed by atoms with van der Waals surface area (Å²) in [6, 6.07) is 5.40. The Morgan fingerprint density at radius 1 is 1.33 bits per heavy atom. The molecule has 96 valence electrons. The van der Waals surface area contributed by atoms with Gasteiger partial charge in [-0.05, 0) is 23.3 Å². The lowest BCUT2D eigenvalue weighted by Crippen LogP contribution is -2.35. The summed E-state index contributed by atoms with van der Waals surface area (Å²) in [6.45, 7) is 2.57. The van der Waals surface area contributed by atoms with Crippen LogP contribution in [-0.2, 0) is 0 Å². The molecule has 18 heavy (non-hydrogen) atoms.